The number of likely N-dealkylation sites (N-methyl/N-ethyl adjacent to an activating group) is 1. The minimum Gasteiger partial charge on any atom is -0.496 e. The van der Waals surface area contributed by atoms with Crippen molar-refractivity contribution in [2.24, 2.45) is 0 Å². The summed E-state index contributed by atoms with van der Waals surface area (Å²) in [4.78, 5) is 1.35. The lowest BCUT2D eigenvalue weighted by atomic mass is 10.00. The molecule has 1 aromatic heterocycles. The van der Waals surface area contributed by atoms with Gasteiger partial charge in [0.1, 0.15) is 5.75 Å². The molecule has 0 spiro atoms. The van der Waals surface area contributed by atoms with Crippen molar-refractivity contribution in [3.05, 3.63) is 50.1 Å². The molecule has 1 heterocycles. The van der Waals surface area contributed by atoms with Gasteiger partial charge in [0.15, 0.2) is 0 Å². The summed E-state index contributed by atoms with van der Waals surface area (Å²) in [5.74, 6) is 0.942. The van der Waals surface area contributed by atoms with Crippen LogP contribution >= 0.6 is 27.3 Å². The molecule has 4 heteroatoms. The van der Waals surface area contributed by atoms with Crippen molar-refractivity contribution in [1.82, 2.24) is 5.32 Å². The van der Waals surface area contributed by atoms with Crippen LogP contribution in [0.4, 0.5) is 0 Å². The second kappa shape index (κ2) is 6.55. The third kappa shape index (κ3) is 3.38. The van der Waals surface area contributed by atoms with Crippen molar-refractivity contribution in [1.29, 1.82) is 0 Å². The number of hydrogen-bond acceptors (Lipinski definition) is 3. The second-order valence-corrected chi connectivity index (χ2v) is 6.34. The highest BCUT2D eigenvalue weighted by Crippen LogP contribution is 2.32. The van der Waals surface area contributed by atoms with Crippen LogP contribution in [-0.2, 0) is 6.42 Å². The van der Waals surface area contributed by atoms with Gasteiger partial charge in [-0.25, -0.2) is 0 Å². The lowest BCUT2D eigenvalue weighted by Crippen LogP contribution is -2.19. The molecule has 0 saturated heterocycles. The van der Waals surface area contributed by atoms with E-state index in [-0.39, 0.29) is 6.04 Å². The predicted molar refractivity (Wildman–Crippen MR) is 85.3 cm³/mol. The molecule has 0 aliphatic carbocycles. The Morgan fingerprint density at radius 1 is 1.37 bits per heavy atom. The highest BCUT2D eigenvalue weighted by molar-refractivity contribution is 9.10. The van der Waals surface area contributed by atoms with E-state index in [0.717, 1.165) is 12.2 Å². The van der Waals surface area contributed by atoms with Gasteiger partial charge in [-0.2, -0.15) is 0 Å². The summed E-state index contributed by atoms with van der Waals surface area (Å²) in [6, 6.07) is 8.67. The lowest BCUT2D eigenvalue weighted by Gasteiger charge is -2.19. The second-order valence-electron chi connectivity index (χ2n) is 4.48. The quantitative estimate of drug-likeness (QED) is 0.875. The minimum absolute atomic E-state index is 0.254. The SMILES string of the molecule is CNC(Cc1sccc1Br)c1cc(C)ccc1OC. The molecule has 19 heavy (non-hydrogen) atoms. The van der Waals surface area contributed by atoms with Crippen molar-refractivity contribution < 1.29 is 4.74 Å². The summed E-state index contributed by atoms with van der Waals surface area (Å²) in [5, 5.41) is 5.50. The van der Waals surface area contributed by atoms with Gasteiger partial charge in [0.25, 0.3) is 0 Å². The van der Waals surface area contributed by atoms with E-state index in [1.165, 1.54) is 20.5 Å². The number of nitrogens with one attached hydrogen (secondary N) is 1. The van der Waals surface area contributed by atoms with Crippen LogP contribution in [0.25, 0.3) is 0 Å². The zero-order chi connectivity index (χ0) is 13.8. The first-order chi connectivity index (χ1) is 9.15. The van der Waals surface area contributed by atoms with Crippen LogP contribution in [0, 0.1) is 6.92 Å². The maximum atomic E-state index is 5.48. The van der Waals surface area contributed by atoms with E-state index < -0.39 is 0 Å². The first-order valence-electron chi connectivity index (χ1n) is 6.19. The minimum atomic E-state index is 0.254. The molecule has 0 radical (unpaired) electrons. The summed E-state index contributed by atoms with van der Waals surface area (Å²) >= 11 is 5.38. The Labute approximate surface area is 126 Å². The average molecular weight is 340 g/mol. The first-order valence-corrected chi connectivity index (χ1v) is 7.86. The molecule has 1 unspecified atom stereocenters. The molecular formula is C15H18BrNOS. The number of hydrogen-bond donors (Lipinski definition) is 1. The fourth-order valence-corrected chi connectivity index (χ4v) is 3.71. The van der Waals surface area contributed by atoms with Crippen LogP contribution in [0.15, 0.2) is 34.1 Å². The Morgan fingerprint density at radius 2 is 2.16 bits per heavy atom. The number of methoxy groups -OCH3 is 1. The van der Waals surface area contributed by atoms with Crippen LogP contribution in [0.5, 0.6) is 5.75 Å². The largest absolute Gasteiger partial charge is 0.496 e. The molecular weight excluding hydrogens is 322 g/mol. The van der Waals surface area contributed by atoms with Crippen molar-refractivity contribution >= 4 is 27.3 Å². The normalized spacial score (nSPS) is 12.4. The fraction of sp³-hybridized carbons (Fsp3) is 0.333. The van der Waals surface area contributed by atoms with Gasteiger partial charge < -0.3 is 10.1 Å². The molecule has 2 aromatic rings. The molecule has 0 bridgehead atoms. The van der Waals surface area contributed by atoms with Crippen LogP contribution < -0.4 is 10.1 Å². The number of benzene rings is 1. The molecule has 0 aliphatic heterocycles. The highest BCUT2D eigenvalue weighted by atomic mass is 79.9. The Kier molecular flexibility index (Phi) is 5.02. The molecule has 1 atom stereocenters. The van der Waals surface area contributed by atoms with Crippen LogP contribution in [0.3, 0.4) is 0 Å². The zero-order valence-electron chi connectivity index (χ0n) is 11.4. The molecule has 0 amide bonds. The number of rotatable bonds is 5. The summed E-state index contributed by atoms with van der Waals surface area (Å²) in [7, 11) is 3.72. The molecule has 102 valence electrons. The summed E-state index contributed by atoms with van der Waals surface area (Å²) in [6.45, 7) is 2.11. The maximum Gasteiger partial charge on any atom is 0.123 e. The molecule has 0 saturated carbocycles. The monoisotopic (exact) mass is 339 g/mol. The van der Waals surface area contributed by atoms with Crippen molar-refractivity contribution in [3.8, 4) is 5.75 Å². The Morgan fingerprint density at radius 3 is 2.74 bits per heavy atom. The van der Waals surface area contributed by atoms with Gasteiger partial charge in [0.2, 0.25) is 0 Å². The Balaban J connectivity index is 2.31. The maximum absolute atomic E-state index is 5.48. The van der Waals surface area contributed by atoms with E-state index in [4.69, 9.17) is 4.74 Å². The van der Waals surface area contributed by atoms with Gasteiger partial charge in [-0.3, -0.25) is 0 Å². The van der Waals surface area contributed by atoms with E-state index >= 15 is 0 Å². The van der Waals surface area contributed by atoms with Crippen LogP contribution in [0.2, 0.25) is 0 Å². The fourth-order valence-electron chi connectivity index (χ4n) is 2.15. The third-order valence-corrected chi connectivity index (χ3v) is 5.14. The van der Waals surface area contributed by atoms with Crippen LogP contribution in [0.1, 0.15) is 22.0 Å². The number of thiophene rings is 1. The smallest absolute Gasteiger partial charge is 0.123 e. The standard InChI is InChI=1S/C15H18BrNOS/c1-10-4-5-14(18-3)11(8-10)13(17-2)9-15-12(16)6-7-19-15/h4-8,13,17H,9H2,1-3H3. The predicted octanol–water partition coefficient (Wildman–Crippen LogP) is 4.33. The molecule has 1 N–H and O–H groups in total. The lowest BCUT2D eigenvalue weighted by molar-refractivity contribution is 0.401. The first kappa shape index (κ1) is 14.6. The third-order valence-electron chi connectivity index (χ3n) is 3.19. The number of ether oxygens (including phenoxy) is 1. The van der Waals surface area contributed by atoms with Crippen molar-refractivity contribution in [2.45, 2.75) is 19.4 Å². The van der Waals surface area contributed by atoms with Crippen LogP contribution in [-0.4, -0.2) is 14.2 Å². The molecule has 1 aromatic carbocycles. The van der Waals surface area contributed by atoms with Crippen molar-refractivity contribution in [2.75, 3.05) is 14.2 Å². The van der Waals surface area contributed by atoms with Gasteiger partial charge in [0.05, 0.1) is 7.11 Å². The number of aryl methyl sites for hydroxylation is 1. The van der Waals surface area contributed by atoms with Gasteiger partial charge in [0, 0.05) is 27.4 Å². The molecule has 2 rings (SSSR count). The van der Waals surface area contributed by atoms with E-state index in [9.17, 15) is 0 Å². The Hall–Kier alpha value is -0.840. The van der Waals surface area contributed by atoms with E-state index in [1.54, 1.807) is 18.4 Å². The van der Waals surface area contributed by atoms with Crippen molar-refractivity contribution in [3.63, 3.8) is 0 Å². The zero-order valence-corrected chi connectivity index (χ0v) is 13.8. The summed E-state index contributed by atoms with van der Waals surface area (Å²) in [6.07, 6.45) is 0.953. The van der Waals surface area contributed by atoms with Gasteiger partial charge in [-0.05, 0) is 47.4 Å². The highest BCUT2D eigenvalue weighted by Gasteiger charge is 2.17. The van der Waals surface area contributed by atoms with Gasteiger partial charge in [-0.1, -0.05) is 17.7 Å². The van der Waals surface area contributed by atoms with E-state index in [0.29, 0.717) is 0 Å². The summed E-state index contributed by atoms with van der Waals surface area (Å²) in [5.41, 5.74) is 2.46. The van der Waals surface area contributed by atoms with E-state index in [1.807, 2.05) is 13.1 Å². The molecule has 0 aliphatic rings. The van der Waals surface area contributed by atoms with Gasteiger partial charge in [-0.15, -0.1) is 11.3 Å². The summed E-state index contributed by atoms with van der Waals surface area (Å²) < 4.78 is 6.67. The average Bonchev–Trinajstić information content (AvgIpc) is 2.81. The topological polar surface area (TPSA) is 21.3 Å². The van der Waals surface area contributed by atoms with Gasteiger partial charge >= 0.3 is 0 Å². The van der Waals surface area contributed by atoms with E-state index in [2.05, 4.69) is 51.7 Å². The number of halogens is 1. The molecule has 0 fully saturated rings. The molecule has 2 nitrogen and oxygen atoms in total. The Bertz CT molecular complexity index is 553.